The van der Waals surface area contributed by atoms with E-state index in [0.29, 0.717) is 12.3 Å². The number of carbonyl (C=O) groups excluding carboxylic acids is 1. The van der Waals surface area contributed by atoms with E-state index in [1.54, 1.807) is 11.8 Å². The summed E-state index contributed by atoms with van der Waals surface area (Å²) in [4.78, 5) is 11.8. The third-order valence-electron chi connectivity index (χ3n) is 3.48. The predicted octanol–water partition coefficient (Wildman–Crippen LogP) is 4.93. The number of nitrogens with one attached hydrogen (secondary N) is 1. The summed E-state index contributed by atoms with van der Waals surface area (Å²) in [5.74, 6) is 3.30. The molecule has 2 aromatic carbocycles. The summed E-state index contributed by atoms with van der Waals surface area (Å²) in [5.41, 5.74) is 3.84. The van der Waals surface area contributed by atoms with E-state index >= 15 is 0 Å². The first-order valence-corrected chi connectivity index (χ1v) is 10.5. The van der Waals surface area contributed by atoms with Crippen molar-refractivity contribution in [3.63, 3.8) is 0 Å². The molecule has 0 saturated carbocycles. The van der Waals surface area contributed by atoms with Crippen molar-refractivity contribution in [2.45, 2.75) is 18.4 Å². The van der Waals surface area contributed by atoms with E-state index in [2.05, 4.69) is 36.5 Å². The molecule has 24 heavy (non-hydrogen) atoms. The Morgan fingerprint density at radius 3 is 2.71 bits per heavy atom. The van der Waals surface area contributed by atoms with Crippen LogP contribution in [0.4, 0.5) is 0 Å². The molecule has 0 aromatic heterocycles. The van der Waals surface area contributed by atoms with Crippen LogP contribution in [0.5, 0.6) is 0 Å². The van der Waals surface area contributed by atoms with E-state index in [0.717, 1.165) is 27.8 Å². The first kappa shape index (κ1) is 19.2. The van der Waals surface area contributed by atoms with E-state index in [1.807, 2.05) is 36.0 Å². The van der Waals surface area contributed by atoms with Crippen LogP contribution in [0.15, 0.2) is 48.5 Å². The van der Waals surface area contributed by atoms with Gasteiger partial charge in [-0.15, -0.1) is 11.8 Å². The molecule has 0 aliphatic heterocycles. The van der Waals surface area contributed by atoms with Gasteiger partial charge in [0.05, 0.1) is 5.75 Å². The largest absolute Gasteiger partial charge is 0.355 e. The van der Waals surface area contributed by atoms with Crippen LogP contribution in [0.25, 0.3) is 0 Å². The van der Waals surface area contributed by atoms with E-state index in [-0.39, 0.29) is 5.91 Å². The highest BCUT2D eigenvalue weighted by Gasteiger charge is 2.03. The molecule has 1 amide bonds. The molecule has 5 heteroatoms. The average Bonchev–Trinajstić information content (AvgIpc) is 2.56. The fourth-order valence-corrected chi connectivity index (χ4v) is 4.11. The Hall–Kier alpha value is -1.10. The number of hydrogen-bond acceptors (Lipinski definition) is 3. The lowest BCUT2D eigenvalue weighted by Crippen LogP contribution is -2.27. The highest BCUT2D eigenvalue weighted by Crippen LogP contribution is 2.17. The molecule has 0 aliphatic carbocycles. The molecule has 0 aliphatic rings. The lowest BCUT2D eigenvalue weighted by atomic mass is 10.1. The van der Waals surface area contributed by atoms with Crippen molar-refractivity contribution in [2.24, 2.45) is 0 Å². The second kappa shape index (κ2) is 10.7. The normalized spacial score (nSPS) is 10.6. The van der Waals surface area contributed by atoms with Crippen molar-refractivity contribution < 1.29 is 4.79 Å². The number of halogens is 1. The number of amides is 1. The highest BCUT2D eigenvalue weighted by molar-refractivity contribution is 7.99. The van der Waals surface area contributed by atoms with Gasteiger partial charge in [0.1, 0.15) is 0 Å². The van der Waals surface area contributed by atoms with Crippen molar-refractivity contribution >= 4 is 41.0 Å². The minimum Gasteiger partial charge on any atom is -0.355 e. The van der Waals surface area contributed by atoms with Crippen molar-refractivity contribution in [1.29, 1.82) is 0 Å². The Labute approximate surface area is 157 Å². The molecule has 128 valence electrons. The highest BCUT2D eigenvalue weighted by atomic mass is 35.5. The van der Waals surface area contributed by atoms with Crippen LogP contribution in [-0.4, -0.2) is 24.0 Å². The fourth-order valence-electron chi connectivity index (χ4n) is 2.16. The molecule has 2 aromatic rings. The Morgan fingerprint density at radius 2 is 1.92 bits per heavy atom. The van der Waals surface area contributed by atoms with Gasteiger partial charge >= 0.3 is 0 Å². The summed E-state index contributed by atoms with van der Waals surface area (Å²) in [6.07, 6.45) is 0. The Kier molecular flexibility index (Phi) is 8.57. The van der Waals surface area contributed by atoms with Crippen molar-refractivity contribution in [3.05, 3.63) is 70.2 Å². The Morgan fingerprint density at radius 1 is 1.08 bits per heavy atom. The van der Waals surface area contributed by atoms with Gasteiger partial charge in [0.2, 0.25) is 5.91 Å². The van der Waals surface area contributed by atoms with Gasteiger partial charge in [-0.25, -0.2) is 0 Å². The zero-order chi connectivity index (χ0) is 17.2. The number of thioether (sulfide) groups is 2. The maximum absolute atomic E-state index is 11.8. The first-order chi connectivity index (χ1) is 11.6. The van der Waals surface area contributed by atoms with E-state index in [4.69, 9.17) is 11.6 Å². The standard InChI is InChI=1S/C19H22ClNOS2/c1-15-5-2-3-7-17(15)13-23-10-9-21-19(22)14-24-12-16-6-4-8-18(20)11-16/h2-8,11H,9-10,12-14H2,1H3,(H,21,22). The van der Waals surface area contributed by atoms with Gasteiger partial charge in [0, 0.05) is 28.8 Å². The van der Waals surface area contributed by atoms with Crippen LogP contribution in [0.2, 0.25) is 5.02 Å². The van der Waals surface area contributed by atoms with Crippen LogP contribution >= 0.6 is 35.1 Å². The van der Waals surface area contributed by atoms with Gasteiger partial charge in [0.25, 0.3) is 0 Å². The van der Waals surface area contributed by atoms with Crippen LogP contribution in [-0.2, 0) is 16.3 Å². The summed E-state index contributed by atoms with van der Waals surface area (Å²) in [6.45, 7) is 2.85. The van der Waals surface area contributed by atoms with Crippen molar-refractivity contribution in [2.75, 3.05) is 18.1 Å². The Bertz CT molecular complexity index is 663. The minimum absolute atomic E-state index is 0.0959. The smallest absolute Gasteiger partial charge is 0.230 e. The monoisotopic (exact) mass is 379 g/mol. The van der Waals surface area contributed by atoms with Crippen LogP contribution in [0, 0.1) is 6.92 Å². The molecule has 0 atom stereocenters. The van der Waals surface area contributed by atoms with E-state index in [1.165, 1.54) is 11.1 Å². The second-order valence-corrected chi connectivity index (χ2v) is 7.98. The molecule has 0 fully saturated rings. The molecule has 1 N–H and O–H groups in total. The summed E-state index contributed by atoms with van der Waals surface area (Å²) in [7, 11) is 0. The van der Waals surface area contributed by atoms with Gasteiger partial charge in [-0.2, -0.15) is 11.8 Å². The second-order valence-electron chi connectivity index (χ2n) is 5.45. The summed E-state index contributed by atoms with van der Waals surface area (Å²) >= 11 is 9.40. The Balaban J connectivity index is 1.54. The molecule has 0 bridgehead atoms. The lowest BCUT2D eigenvalue weighted by Gasteiger charge is -2.07. The first-order valence-electron chi connectivity index (χ1n) is 7.86. The molecular formula is C19H22ClNOS2. The fraction of sp³-hybridized carbons (Fsp3) is 0.316. The number of benzene rings is 2. The number of hydrogen-bond donors (Lipinski definition) is 1. The molecule has 2 nitrogen and oxygen atoms in total. The van der Waals surface area contributed by atoms with Crippen molar-refractivity contribution in [1.82, 2.24) is 5.32 Å². The summed E-state index contributed by atoms with van der Waals surface area (Å²) in [6, 6.07) is 16.2. The zero-order valence-corrected chi connectivity index (χ0v) is 16.1. The van der Waals surface area contributed by atoms with Crippen LogP contribution in [0.3, 0.4) is 0 Å². The molecule has 0 heterocycles. The maximum atomic E-state index is 11.8. The molecule has 0 unspecified atom stereocenters. The van der Waals surface area contributed by atoms with Gasteiger partial charge in [-0.05, 0) is 35.7 Å². The van der Waals surface area contributed by atoms with Crippen molar-refractivity contribution in [3.8, 4) is 0 Å². The van der Waals surface area contributed by atoms with Gasteiger partial charge in [0.15, 0.2) is 0 Å². The number of carbonyl (C=O) groups is 1. The van der Waals surface area contributed by atoms with Crippen LogP contribution < -0.4 is 5.32 Å². The average molecular weight is 380 g/mol. The van der Waals surface area contributed by atoms with Gasteiger partial charge < -0.3 is 5.32 Å². The summed E-state index contributed by atoms with van der Waals surface area (Å²) in [5, 5.41) is 3.71. The summed E-state index contributed by atoms with van der Waals surface area (Å²) < 4.78 is 0. The third kappa shape index (κ3) is 7.20. The topological polar surface area (TPSA) is 29.1 Å². The van der Waals surface area contributed by atoms with Gasteiger partial charge in [-0.1, -0.05) is 48.0 Å². The zero-order valence-electron chi connectivity index (χ0n) is 13.8. The van der Waals surface area contributed by atoms with Gasteiger partial charge in [-0.3, -0.25) is 4.79 Å². The SMILES string of the molecule is Cc1ccccc1CSCCNC(=O)CSCc1cccc(Cl)c1. The lowest BCUT2D eigenvalue weighted by molar-refractivity contribution is -0.118. The molecule has 0 saturated heterocycles. The van der Waals surface area contributed by atoms with E-state index in [9.17, 15) is 4.79 Å². The maximum Gasteiger partial charge on any atom is 0.230 e. The van der Waals surface area contributed by atoms with E-state index < -0.39 is 0 Å². The predicted molar refractivity (Wildman–Crippen MR) is 108 cm³/mol. The minimum atomic E-state index is 0.0959. The molecule has 2 rings (SSSR count). The third-order valence-corrected chi connectivity index (χ3v) is 5.73. The quantitative estimate of drug-likeness (QED) is 0.626. The molecular weight excluding hydrogens is 358 g/mol. The number of rotatable bonds is 9. The molecule has 0 spiro atoms. The number of aryl methyl sites for hydroxylation is 1. The molecule has 0 radical (unpaired) electrons. The van der Waals surface area contributed by atoms with Crippen LogP contribution in [0.1, 0.15) is 16.7 Å².